The average Bonchev–Trinajstić information content (AvgIpc) is 2.47. The van der Waals surface area contributed by atoms with Gasteiger partial charge in [-0.15, -0.1) is 0 Å². The van der Waals surface area contributed by atoms with Gasteiger partial charge in [0.05, 0.1) is 0 Å². The van der Waals surface area contributed by atoms with Gasteiger partial charge in [-0.2, -0.15) is 4.31 Å². The lowest BCUT2D eigenvalue weighted by atomic mass is 10.2. The second-order valence-electron chi connectivity index (χ2n) is 4.41. The van der Waals surface area contributed by atoms with Crippen molar-refractivity contribution in [2.45, 2.75) is 11.4 Å². The molecular weight excluding hydrogens is 295 g/mol. The average molecular weight is 310 g/mol. The van der Waals surface area contributed by atoms with Gasteiger partial charge in [-0.25, -0.2) is 23.6 Å². The SMILES string of the molecule is CN(Cc1cccc(F)c1)S(=O)(=O)c1ccc(NN)nc1. The Kier molecular flexibility index (Phi) is 4.51. The summed E-state index contributed by atoms with van der Waals surface area (Å²) in [6.45, 7) is 0.0665. The maximum atomic E-state index is 13.1. The molecule has 0 saturated heterocycles. The van der Waals surface area contributed by atoms with Crippen molar-refractivity contribution in [1.29, 1.82) is 0 Å². The number of anilines is 1. The first-order chi connectivity index (χ1) is 9.93. The third-order valence-electron chi connectivity index (χ3n) is 2.89. The Morgan fingerprint density at radius 1 is 1.33 bits per heavy atom. The Bertz CT molecular complexity index is 719. The van der Waals surface area contributed by atoms with E-state index in [1.54, 1.807) is 6.07 Å². The largest absolute Gasteiger partial charge is 0.308 e. The van der Waals surface area contributed by atoms with Crippen molar-refractivity contribution < 1.29 is 12.8 Å². The molecule has 112 valence electrons. The van der Waals surface area contributed by atoms with E-state index in [0.717, 1.165) is 4.31 Å². The molecule has 1 aromatic carbocycles. The molecule has 3 N–H and O–H groups in total. The molecule has 0 atom stereocenters. The van der Waals surface area contributed by atoms with Crippen molar-refractivity contribution in [2.75, 3.05) is 12.5 Å². The molecule has 0 unspecified atom stereocenters. The van der Waals surface area contributed by atoms with Gasteiger partial charge in [-0.1, -0.05) is 12.1 Å². The van der Waals surface area contributed by atoms with E-state index < -0.39 is 15.8 Å². The molecule has 0 spiro atoms. The Morgan fingerprint density at radius 2 is 2.10 bits per heavy atom. The highest BCUT2D eigenvalue weighted by Crippen LogP contribution is 2.17. The van der Waals surface area contributed by atoms with Gasteiger partial charge in [0.1, 0.15) is 16.5 Å². The van der Waals surface area contributed by atoms with Crippen molar-refractivity contribution in [2.24, 2.45) is 5.84 Å². The Hall–Kier alpha value is -2.03. The van der Waals surface area contributed by atoms with Crippen LogP contribution in [0, 0.1) is 5.82 Å². The number of nitrogen functional groups attached to an aromatic ring is 1. The summed E-state index contributed by atoms with van der Waals surface area (Å²) < 4.78 is 39.0. The summed E-state index contributed by atoms with van der Waals surface area (Å²) in [6.07, 6.45) is 1.21. The van der Waals surface area contributed by atoms with Crippen LogP contribution in [0.2, 0.25) is 0 Å². The van der Waals surface area contributed by atoms with Gasteiger partial charge in [0.15, 0.2) is 0 Å². The predicted molar refractivity (Wildman–Crippen MR) is 77.1 cm³/mol. The van der Waals surface area contributed by atoms with Gasteiger partial charge in [-0.3, -0.25) is 0 Å². The second kappa shape index (κ2) is 6.17. The standard InChI is InChI=1S/C13H15FN4O2S/c1-18(9-10-3-2-4-11(14)7-10)21(19,20)12-5-6-13(17-15)16-8-12/h2-8H,9,15H2,1H3,(H,16,17). The van der Waals surface area contributed by atoms with E-state index in [1.165, 1.54) is 43.6 Å². The maximum Gasteiger partial charge on any atom is 0.244 e. The number of nitrogens with two attached hydrogens (primary N) is 1. The van der Waals surface area contributed by atoms with Crippen LogP contribution in [-0.4, -0.2) is 24.8 Å². The second-order valence-corrected chi connectivity index (χ2v) is 6.46. The first-order valence-electron chi connectivity index (χ1n) is 6.07. The first kappa shape index (κ1) is 15.4. The molecular formula is C13H15FN4O2S. The summed E-state index contributed by atoms with van der Waals surface area (Å²) in [6, 6.07) is 8.66. The molecule has 21 heavy (non-hydrogen) atoms. The number of rotatable bonds is 5. The minimum absolute atomic E-state index is 0.0420. The Labute approximate surface area is 122 Å². The highest BCUT2D eigenvalue weighted by atomic mass is 32.2. The molecule has 2 rings (SSSR count). The number of nitrogens with one attached hydrogen (secondary N) is 1. The van der Waals surface area contributed by atoms with Gasteiger partial charge in [0, 0.05) is 19.8 Å². The van der Waals surface area contributed by atoms with Crippen LogP contribution in [0.3, 0.4) is 0 Å². The summed E-state index contributed by atoms with van der Waals surface area (Å²) >= 11 is 0. The third-order valence-corrected chi connectivity index (χ3v) is 4.67. The molecule has 0 aliphatic carbocycles. The first-order valence-corrected chi connectivity index (χ1v) is 7.51. The molecule has 0 aliphatic rings. The van der Waals surface area contributed by atoms with Crippen LogP contribution in [0.1, 0.15) is 5.56 Å². The number of pyridine rings is 1. The highest BCUT2D eigenvalue weighted by Gasteiger charge is 2.21. The van der Waals surface area contributed by atoms with E-state index in [1.807, 2.05) is 0 Å². The summed E-state index contributed by atoms with van der Waals surface area (Å²) in [4.78, 5) is 3.91. The number of aromatic nitrogens is 1. The minimum atomic E-state index is -3.70. The zero-order chi connectivity index (χ0) is 15.5. The quantitative estimate of drug-likeness (QED) is 0.642. The molecule has 0 saturated carbocycles. The van der Waals surface area contributed by atoms with Crippen molar-refractivity contribution in [3.8, 4) is 0 Å². The Morgan fingerprint density at radius 3 is 2.67 bits per heavy atom. The third kappa shape index (κ3) is 3.54. The molecule has 2 aromatic rings. The van der Waals surface area contributed by atoms with Crippen LogP contribution in [0.25, 0.3) is 0 Å². The number of hydrogen-bond acceptors (Lipinski definition) is 5. The van der Waals surface area contributed by atoms with E-state index in [-0.39, 0.29) is 11.4 Å². The van der Waals surface area contributed by atoms with Gasteiger partial charge in [0.2, 0.25) is 10.0 Å². The van der Waals surface area contributed by atoms with E-state index in [2.05, 4.69) is 10.4 Å². The van der Waals surface area contributed by atoms with Crippen LogP contribution < -0.4 is 11.3 Å². The molecule has 1 heterocycles. The summed E-state index contributed by atoms with van der Waals surface area (Å²) in [7, 11) is -2.27. The molecule has 0 aliphatic heterocycles. The molecule has 6 nitrogen and oxygen atoms in total. The molecule has 0 amide bonds. The number of halogens is 1. The molecule has 1 aromatic heterocycles. The normalized spacial score (nSPS) is 11.6. The van der Waals surface area contributed by atoms with Crippen LogP contribution in [0.4, 0.5) is 10.2 Å². The van der Waals surface area contributed by atoms with Gasteiger partial charge in [-0.05, 0) is 29.8 Å². The van der Waals surface area contributed by atoms with Crippen molar-refractivity contribution >= 4 is 15.8 Å². The molecule has 0 radical (unpaired) electrons. The fourth-order valence-corrected chi connectivity index (χ4v) is 2.88. The zero-order valence-corrected chi connectivity index (χ0v) is 12.1. The predicted octanol–water partition coefficient (Wildman–Crippen LogP) is 1.33. The van der Waals surface area contributed by atoms with Gasteiger partial charge < -0.3 is 5.43 Å². The van der Waals surface area contributed by atoms with Crippen LogP contribution in [0.5, 0.6) is 0 Å². The lowest BCUT2D eigenvalue weighted by Crippen LogP contribution is -2.26. The Balaban J connectivity index is 2.21. The van der Waals surface area contributed by atoms with Crippen molar-refractivity contribution in [3.05, 3.63) is 54.0 Å². The lowest BCUT2D eigenvalue weighted by Gasteiger charge is -2.17. The summed E-state index contributed by atoms with van der Waals surface area (Å²) in [5.41, 5.74) is 2.88. The molecule has 0 fully saturated rings. The van der Waals surface area contributed by atoms with Crippen LogP contribution >= 0.6 is 0 Å². The molecule has 8 heteroatoms. The topological polar surface area (TPSA) is 88.3 Å². The smallest absolute Gasteiger partial charge is 0.244 e. The van der Waals surface area contributed by atoms with E-state index in [4.69, 9.17) is 5.84 Å². The van der Waals surface area contributed by atoms with Gasteiger partial charge in [0.25, 0.3) is 0 Å². The highest BCUT2D eigenvalue weighted by molar-refractivity contribution is 7.89. The number of sulfonamides is 1. The maximum absolute atomic E-state index is 13.1. The fraction of sp³-hybridized carbons (Fsp3) is 0.154. The summed E-state index contributed by atoms with van der Waals surface area (Å²) in [5, 5.41) is 0. The van der Waals surface area contributed by atoms with Crippen molar-refractivity contribution in [3.63, 3.8) is 0 Å². The zero-order valence-electron chi connectivity index (χ0n) is 11.3. The van der Waals surface area contributed by atoms with E-state index in [9.17, 15) is 12.8 Å². The molecule has 0 bridgehead atoms. The summed E-state index contributed by atoms with van der Waals surface area (Å²) in [5.74, 6) is 5.14. The number of benzene rings is 1. The number of hydrogen-bond donors (Lipinski definition) is 2. The fourth-order valence-electron chi connectivity index (χ4n) is 1.78. The van der Waals surface area contributed by atoms with Gasteiger partial charge >= 0.3 is 0 Å². The van der Waals surface area contributed by atoms with Crippen molar-refractivity contribution in [1.82, 2.24) is 9.29 Å². The number of hydrazine groups is 1. The van der Waals surface area contributed by atoms with E-state index >= 15 is 0 Å². The number of nitrogens with zero attached hydrogens (tertiary/aromatic N) is 2. The van der Waals surface area contributed by atoms with Crippen LogP contribution in [0.15, 0.2) is 47.5 Å². The monoisotopic (exact) mass is 310 g/mol. The minimum Gasteiger partial charge on any atom is -0.308 e. The van der Waals surface area contributed by atoms with Crippen LogP contribution in [-0.2, 0) is 16.6 Å². The lowest BCUT2D eigenvalue weighted by molar-refractivity contribution is 0.465. The van der Waals surface area contributed by atoms with E-state index in [0.29, 0.717) is 11.4 Å².